The molecule has 0 unspecified atom stereocenters. The van der Waals surface area contributed by atoms with E-state index in [4.69, 9.17) is 0 Å². The Bertz CT molecular complexity index is 270. The Morgan fingerprint density at radius 3 is 2.18 bits per heavy atom. The van der Waals surface area contributed by atoms with E-state index >= 15 is 0 Å². The van der Waals surface area contributed by atoms with Crippen LogP contribution in [0.1, 0.15) is 16.7 Å². The fourth-order valence-corrected chi connectivity index (χ4v) is 2.65. The molecule has 0 saturated carbocycles. The Balaban J connectivity index is 3.46. The van der Waals surface area contributed by atoms with E-state index in [9.17, 15) is 4.39 Å². The maximum absolute atomic E-state index is 12.9. The average Bonchev–Trinajstić information content (AvgIpc) is 1.97. The summed E-state index contributed by atoms with van der Waals surface area (Å²) in [5, 5.41) is 0. The fourth-order valence-electron chi connectivity index (χ4n) is 1.02. The van der Waals surface area contributed by atoms with E-state index in [0.29, 0.717) is 28.1 Å². The SMILES string of the molecule is Cc1c(F)n[c]([SnH3])c(C)c1C. The second-order valence-electron chi connectivity index (χ2n) is 2.86. The summed E-state index contributed by atoms with van der Waals surface area (Å²) in [4.78, 5) is 3.86. The van der Waals surface area contributed by atoms with Crippen LogP contribution in [0.2, 0.25) is 0 Å². The molecule has 0 bridgehead atoms. The van der Waals surface area contributed by atoms with Crippen LogP contribution in [0.25, 0.3) is 0 Å². The summed E-state index contributed by atoms with van der Waals surface area (Å²) in [6.07, 6.45) is 0. The van der Waals surface area contributed by atoms with Crippen LogP contribution in [0.15, 0.2) is 0 Å². The summed E-state index contributed by atoms with van der Waals surface area (Å²) < 4.78 is 13.9. The van der Waals surface area contributed by atoms with Crippen molar-refractivity contribution < 1.29 is 4.39 Å². The van der Waals surface area contributed by atoms with E-state index in [1.165, 1.54) is 5.56 Å². The first-order chi connectivity index (χ1) is 5.04. The third-order valence-corrected chi connectivity index (χ3v) is 5.02. The Morgan fingerprint density at radius 1 is 1.09 bits per heavy atom. The van der Waals surface area contributed by atoms with Crippen molar-refractivity contribution in [2.45, 2.75) is 20.8 Å². The standard InChI is InChI=1S/C8H9FN.Sn.3H/c1-5-4-10-8(9)7(3)6(5)2;;;;/h1-3H3;;;;. The van der Waals surface area contributed by atoms with E-state index in [-0.39, 0.29) is 5.95 Å². The van der Waals surface area contributed by atoms with Crippen LogP contribution in [0.5, 0.6) is 0 Å². The van der Waals surface area contributed by atoms with Gasteiger partial charge in [0.2, 0.25) is 0 Å². The van der Waals surface area contributed by atoms with Crippen LogP contribution < -0.4 is 3.71 Å². The Hall–Kier alpha value is -0.121. The van der Waals surface area contributed by atoms with Crippen molar-refractivity contribution in [1.82, 2.24) is 4.98 Å². The van der Waals surface area contributed by atoms with Crippen LogP contribution in [-0.2, 0) is 0 Å². The molecule has 1 heterocycles. The van der Waals surface area contributed by atoms with Crippen LogP contribution in [0.3, 0.4) is 0 Å². The van der Waals surface area contributed by atoms with Gasteiger partial charge >= 0.3 is 79.0 Å². The number of nitrogens with zero attached hydrogens (tertiary/aromatic N) is 1. The van der Waals surface area contributed by atoms with Gasteiger partial charge in [-0.25, -0.2) is 0 Å². The molecule has 0 amide bonds. The molecular weight excluding hydrogens is 248 g/mol. The molecule has 0 spiro atoms. The molecule has 1 nitrogen and oxygen atoms in total. The predicted molar refractivity (Wildman–Crippen MR) is 48.0 cm³/mol. The van der Waals surface area contributed by atoms with Gasteiger partial charge in [0, 0.05) is 0 Å². The molecule has 60 valence electrons. The summed E-state index contributed by atoms with van der Waals surface area (Å²) in [7, 11) is 0. The number of rotatable bonds is 0. The fraction of sp³-hybridized carbons (Fsp3) is 0.375. The zero-order chi connectivity index (χ0) is 8.59. The first-order valence-corrected chi connectivity index (χ1v) is 6.49. The molecule has 0 aliphatic carbocycles. The summed E-state index contributed by atoms with van der Waals surface area (Å²) in [5.41, 5.74) is 2.94. The van der Waals surface area contributed by atoms with Crippen LogP contribution >= 0.6 is 0 Å². The van der Waals surface area contributed by atoms with Gasteiger partial charge in [-0.1, -0.05) is 0 Å². The molecule has 0 atom stereocenters. The summed E-state index contributed by atoms with van der Waals surface area (Å²) in [5.74, 6) is -0.290. The topological polar surface area (TPSA) is 12.9 Å². The first-order valence-electron chi connectivity index (χ1n) is 3.64. The molecule has 0 saturated heterocycles. The molecule has 1 aromatic heterocycles. The molecule has 0 aromatic carbocycles. The van der Waals surface area contributed by atoms with Gasteiger partial charge in [0.1, 0.15) is 0 Å². The predicted octanol–water partition coefficient (Wildman–Crippen LogP) is 0.137. The first kappa shape index (κ1) is 8.97. The van der Waals surface area contributed by atoms with Crippen molar-refractivity contribution >= 4 is 26.2 Å². The van der Waals surface area contributed by atoms with Crippen molar-refractivity contribution in [3.05, 3.63) is 22.6 Å². The maximum atomic E-state index is 12.9. The third-order valence-electron chi connectivity index (χ3n) is 2.24. The number of pyridine rings is 1. The van der Waals surface area contributed by atoms with Gasteiger partial charge in [-0.2, -0.15) is 0 Å². The number of hydrogen-bond acceptors (Lipinski definition) is 1. The van der Waals surface area contributed by atoms with E-state index in [2.05, 4.69) is 4.98 Å². The second-order valence-corrected chi connectivity index (χ2v) is 5.57. The van der Waals surface area contributed by atoms with Gasteiger partial charge < -0.3 is 0 Å². The van der Waals surface area contributed by atoms with Crippen molar-refractivity contribution in [1.29, 1.82) is 0 Å². The summed E-state index contributed by atoms with van der Waals surface area (Å²) in [6.45, 7) is 5.74. The zero-order valence-corrected chi connectivity index (χ0v) is 13.0. The van der Waals surface area contributed by atoms with E-state index in [1.807, 2.05) is 13.8 Å². The molecule has 11 heavy (non-hydrogen) atoms. The average molecular weight is 260 g/mol. The second kappa shape index (κ2) is 3.09. The van der Waals surface area contributed by atoms with Crippen LogP contribution in [-0.4, -0.2) is 27.5 Å². The summed E-state index contributed by atoms with van der Waals surface area (Å²) in [6, 6.07) is 0. The van der Waals surface area contributed by atoms with Gasteiger partial charge in [0.05, 0.1) is 0 Å². The Kier molecular flexibility index (Phi) is 2.52. The molecule has 0 radical (unpaired) electrons. The number of hydrogen-bond donors (Lipinski definition) is 0. The van der Waals surface area contributed by atoms with E-state index in [0.717, 1.165) is 9.27 Å². The van der Waals surface area contributed by atoms with Gasteiger partial charge in [0.25, 0.3) is 0 Å². The normalized spacial score (nSPS) is 10.5. The Morgan fingerprint density at radius 2 is 1.64 bits per heavy atom. The molecule has 0 aliphatic rings. The van der Waals surface area contributed by atoms with E-state index < -0.39 is 0 Å². The molecule has 1 aromatic rings. The molecule has 0 N–H and O–H groups in total. The van der Waals surface area contributed by atoms with Gasteiger partial charge in [-0.15, -0.1) is 0 Å². The third kappa shape index (κ3) is 1.55. The van der Waals surface area contributed by atoms with Gasteiger partial charge in [-0.3, -0.25) is 0 Å². The molecule has 0 fully saturated rings. The quantitative estimate of drug-likeness (QED) is 0.477. The van der Waals surface area contributed by atoms with Crippen molar-refractivity contribution in [2.75, 3.05) is 0 Å². The number of aromatic nitrogens is 1. The number of halogens is 1. The molecule has 0 aliphatic heterocycles. The van der Waals surface area contributed by atoms with Crippen molar-refractivity contribution in [2.24, 2.45) is 0 Å². The minimum absolute atomic E-state index is 0.290. The van der Waals surface area contributed by atoms with E-state index in [1.54, 1.807) is 6.92 Å². The monoisotopic (exact) mass is 261 g/mol. The van der Waals surface area contributed by atoms with Gasteiger partial charge in [0.15, 0.2) is 0 Å². The molecule has 1 rings (SSSR count). The van der Waals surface area contributed by atoms with Gasteiger partial charge in [-0.05, 0) is 0 Å². The van der Waals surface area contributed by atoms with Crippen LogP contribution in [0.4, 0.5) is 4.39 Å². The zero-order valence-electron chi connectivity index (χ0n) is 7.33. The Labute approximate surface area is 79.1 Å². The minimum atomic E-state index is -0.290. The molecular formula is C8H12FNSn. The molecule has 3 heteroatoms. The van der Waals surface area contributed by atoms with Crippen molar-refractivity contribution in [3.8, 4) is 0 Å². The van der Waals surface area contributed by atoms with Crippen LogP contribution in [0, 0.1) is 26.7 Å². The summed E-state index contributed by atoms with van der Waals surface area (Å²) >= 11 is 0.306. The van der Waals surface area contributed by atoms with Crippen molar-refractivity contribution in [3.63, 3.8) is 0 Å².